The minimum atomic E-state index is -0.0261. The van der Waals surface area contributed by atoms with Gasteiger partial charge in [-0.25, -0.2) is 4.79 Å². The van der Waals surface area contributed by atoms with Crippen molar-refractivity contribution in [3.8, 4) is 5.69 Å². The summed E-state index contributed by atoms with van der Waals surface area (Å²) < 4.78 is 1.81. The summed E-state index contributed by atoms with van der Waals surface area (Å²) in [5, 5.41) is 10.6. The molecule has 2 amide bonds. The molecule has 1 N–H and O–H groups in total. The highest BCUT2D eigenvalue weighted by Gasteiger charge is 2.37. The van der Waals surface area contributed by atoms with Crippen LogP contribution >= 0.6 is 0 Å². The fraction of sp³-hybridized carbons (Fsp3) is 0.500. The van der Waals surface area contributed by atoms with E-state index in [9.17, 15) is 4.79 Å². The highest BCUT2D eigenvalue weighted by atomic mass is 16.2. The van der Waals surface area contributed by atoms with Gasteiger partial charge in [-0.3, -0.25) is 9.47 Å². The SMILES string of the molecule is C[C@H]1CCCCN1C1CN(C(=O)Nc2cccc(-n3cnnc3)c2)C1. The number of rotatable bonds is 3. The molecule has 2 aromatic rings. The lowest BCUT2D eigenvalue weighted by atomic mass is 9.98. The summed E-state index contributed by atoms with van der Waals surface area (Å²) in [6, 6.07) is 8.83. The number of hydrogen-bond acceptors (Lipinski definition) is 4. The molecule has 0 bridgehead atoms. The second-order valence-corrected chi connectivity index (χ2v) is 6.99. The van der Waals surface area contributed by atoms with E-state index >= 15 is 0 Å². The number of hydrogen-bond donors (Lipinski definition) is 1. The van der Waals surface area contributed by atoms with Crippen molar-refractivity contribution in [2.45, 2.75) is 38.3 Å². The predicted octanol–water partition coefficient (Wildman–Crippen LogP) is 2.36. The van der Waals surface area contributed by atoms with E-state index in [1.54, 1.807) is 12.7 Å². The predicted molar refractivity (Wildman–Crippen MR) is 95.8 cm³/mol. The lowest BCUT2D eigenvalue weighted by Crippen LogP contribution is -2.64. The Morgan fingerprint density at radius 3 is 2.76 bits per heavy atom. The first-order valence-corrected chi connectivity index (χ1v) is 8.97. The van der Waals surface area contributed by atoms with Crippen LogP contribution in [0.25, 0.3) is 5.69 Å². The maximum Gasteiger partial charge on any atom is 0.321 e. The summed E-state index contributed by atoms with van der Waals surface area (Å²) >= 11 is 0. The molecule has 4 rings (SSSR count). The van der Waals surface area contributed by atoms with Gasteiger partial charge in [-0.1, -0.05) is 12.5 Å². The minimum absolute atomic E-state index is 0.0261. The molecule has 7 nitrogen and oxygen atoms in total. The Hall–Kier alpha value is -2.41. The van der Waals surface area contributed by atoms with Crippen LogP contribution in [0.1, 0.15) is 26.2 Å². The smallest absolute Gasteiger partial charge is 0.321 e. The van der Waals surface area contributed by atoms with Crippen LogP contribution in [0.5, 0.6) is 0 Å². The van der Waals surface area contributed by atoms with Crippen LogP contribution in [0.4, 0.5) is 10.5 Å². The molecule has 0 aliphatic carbocycles. The summed E-state index contributed by atoms with van der Waals surface area (Å²) in [4.78, 5) is 16.9. The molecule has 2 fully saturated rings. The third kappa shape index (κ3) is 3.37. The first kappa shape index (κ1) is 16.1. The molecule has 1 aromatic heterocycles. The van der Waals surface area contributed by atoms with Gasteiger partial charge in [-0.15, -0.1) is 10.2 Å². The standard InChI is InChI=1S/C18H24N6O/c1-14-5-2-3-8-24(14)17-10-22(11-17)18(25)21-15-6-4-7-16(9-15)23-12-19-20-13-23/h4,6-7,9,12-14,17H,2-3,5,8,10-11H2,1H3,(H,21,25)/t14-/m0/s1. The fourth-order valence-corrected chi connectivity index (χ4v) is 3.77. The third-order valence-electron chi connectivity index (χ3n) is 5.29. The van der Waals surface area contributed by atoms with Crippen molar-refractivity contribution >= 4 is 11.7 Å². The Balaban J connectivity index is 1.34. The van der Waals surface area contributed by atoms with Gasteiger partial charge in [0.2, 0.25) is 0 Å². The number of aromatic nitrogens is 3. The van der Waals surface area contributed by atoms with Crippen molar-refractivity contribution in [3.63, 3.8) is 0 Å². The fourth-order valence-electron chi connectivity index (χ4n) is 3.77. The van der Waals surface area contributed by atoms with E-state index in [0.717, 1.165) is 24.5 Å². The zero-order valence-electron chi connectivity index (χ0n) is 14.5. The summed E-state index contributed by atoms with van der Waals surface area (Å²) in [6.07, 6.45) is 7.17. The minimum Gasteiger partial charge on any atom is -0.321 e. The average Bonchev–Trinajstić information content (AvgIpc) is 3.10. The maximum atomic E-state index is 12.5. The molecule has 0 saturated carbocycles. The van der Waals surface area contributed by atoms with Crippen molar-refractivity contribution in [2.75, 3.05) is 25.0 Å². The van der Waals surface area contributed by atoms with E-state index < -0.39 is 0 Å². The average molecular weight is 340 g/mol. The summed E-state index contributed by atoms with van der Waals surface area (Å²) in [5.41, 5.74) is 1.71. The van der Waals surface area contributed by atoms with E-state index in [0.29, 0.717) is 12.1 Å². The molecule has 0 radical (unpaired) electrons. The van der Waals surface area contributed by atoms with Gasteiger partial charge in [0.15, 0.2) is 0 Å². The van der Waals surface area contributed by atoms with Crippen molar-refractivity contribution in [1.82, 2.24) is 24.6 Å². The lowest BCUT2D eigenvalue weighted by molar-refractivity contribution is 0.0199. The number of likely N-dealkylation sites (tertiary alicyclic amines) is 2. The lowest BCUT2D eigenvalue weighted by Gasteiger charge is -2.49. The third-order valence-corrected chi connectivity index (χ3v) is 5.29. The molecule has 132 valence electrons. The van der Waals surface area contributed by atoms with Crippen LogP contribution in [0.15, 0.2) is 36.9 Å². The van der Waals surface area contributed by atoms with Crippen molar-refractivity contribution in [2.24, 2.45) is 0 Å². The van der Waals surface area contributed by atoms with Gasteiger partial charge >= 0.3 is 6.03 Å². The van der Waals surface area contributed by atoms with Crippen LogP contribution in [0, 0.1) is 0 Å². The van der Waals surface area contributed by atoms with Crippen LogP contribution in [0.2, 0.25) is 0 Å². The van der Waals surface area contributed by atoms with E-state index in [-0.39, 0.29) is 6.03 Å². The number of anilines is 1. The topological polar surface area (TPSA) is 66.3 Å². The first-order chi connectivity index (χ1) is 12.2. The zero-order chi connectivity index (χ0) is 17.2. The summed E-state index contributed by atoms with van der Waals surface area (Å²) in [7, 11) is 0. The Morgan fingerprint density at radius 2 is 2.00 bits per heavy atom. The van der Waals surface area contributed by atoms with Crippen molar-refractivity contribution in [3.05, 3.63) is 36.9 Å². The van der Waals surface area contributed by atoms with E-state index in [1.165, 1.54) is 25.8 Å². The Labute approximate surface area is 147 Å². The van der Waals surface area contributed by atoms with Crippen LogP contribution in [-0.2, 0) is 0 Å². The number of nitrogens with zero attached hydrogens (tertiary/aromatic N) is 5. The molecule has 1 atom stereocenters. The molecule has 0 unspecified atom stereocenters. The van der Waals surface area contributed by atoms with E-state index in [1.807, 2.05) is 33.7 Å². The molecule has 7 heteroatoms. The highest BCUT2D eigenvalue weighted by Crippen LogP contribution is 2.25. The number of carbonyl (C=O) groups excluding carboxylic acids is 1. The largest absolute Gasteiger partial charge is 0.321 e. The van der Waals surface area contributed by atoms with Gasteiger partial charge in [0.1, 0.15) is 12.7 Å². The number of piperidine rings is 1. The van der Waals surface area contributed by atoms with Crippen LogP contribution in [0.3, 0.4) is 0 Å². The zero-order valence-corrected chi connectivity index (χ0v) is 14.5. The number of nitrogens with one attached hydrogen (secondary N) is 1. The molecule has 25 heavy (non-hydrogen) atoms. The Kier molecular flexibility index (Phi) is 4.40. The molecule has 0 spiro atoms. The van der Waals surface area contributed by atoms with Gasteiger partial charge in [-0.05, 0) is 44.5 Å². The van der Waals surface area contributed by atoms with Crippen LogP contribution < -0.4 is 5.32 Å². The number of amides is 2. The van der Waals surface area contributed by atoms with Gasteiger partial charge in [0.05, 0.1) is 5.69 Å². The Morgan fingerprint density at radius 1 is 1.20 bits per heavy atom. The molecule has 2 saturated heterocycles. The summed E-state index contributed by atoms with van der Waals surface area (Å²) in [5.74, 6) is 0. The van der Waals surface area contributed by atoms with Crippen molar-refractivity contribution < 1.29 is 4.79 Å². The number of urea groups is 1. The second kappa shape index (κ2) is 6.84. The molecule has 3 heterocycles. The van der Waals surface area contributed by atoms with Gasteiger partial charge in [0.25, 0.3) is 0 Å². The number of carbonyl (C=O) groups is 1. The van der Waals surface area contributed by atoms with Gasteiger partial charge in [0, 0.05) is 30.9 Å². The van der Waals surface area contributed by atoms with E-state index in [4.69, 9.17) is 0 Å². The number of benzene rings is 1. The second-order valence-electron chi connectivity index (χ2n) is 6.99. The normalized spacial score (nSPS) is 21.8. The molecule has 2 aliphatic heterocycles. The van der Waals surface area contributed by atoms with Crippen molar-refractivity contribution in [1.29, 1.82) is 0 Å². The van der Waals surface area contributed by atoms with E-state index in [2.05, 4.69) is 27.3 Å². The first-order valence-electron chi connectivity index (χ1n) is 8.97. The highest BCUT2D eigenvalue weighted by molar-refractivity contribution is 5.90. The molecular weight excluding hydrogens is 316 g/mol. The monoisotopic (exact) mass is 340 g/mol. The molecule has 1 aromatic carbocycles. The van der Waals surface area contributed by atoms with Gasteiger partial charge < -0.3 is 10.2 Å². The summed E-state index contributed by atoms with van der Waals surface area (Å²) in [6.45, 7) is 5.11. The molecular formula is C18H24N6O. The Bertz CT molecular complexity index is 725. The van der Waals surface area contributed by atoms with Crippen LogP contribution in [-0.4, -0.2) is 62.3 Å². The van der Waals surface area contributed by atoms with Gasteiger partial charge in [-0.2, -0.15) is 0 Å². The quantitative estimate of drug-likeness (QED) is 0.931. The molecule has 2 aliphatic rings. The maximum absolute atomic E-state index is 12.5.